The minimum Gasteiger partial charge on any atom is -0.481 e. The number of carboxylic acid groups (broad SMARTS) is 1. The predicted molar refractivity (Wildman–Crippen MR) is 68.0 cm³/mol. The largest absolute Gasteiger partial charge is 0.481 e. The summed E-state index contributed by atoms with van der Waals surface area (Å²) in [5.41, 5.74) is -0.437. The fourth-order valence-electron chi connectivity index (χ4n) is 3.64. The number of hydrogen-bond donors (Lipinski definition) is 1. The SMILES string of the molecule is CCCC1(C(=O)O)CCN(CC2CCCC2)C1. The number of hydrogen-bond acceptors (Lipinski definition) is 2. The highest BCUT2D eigenvalue weighted by molar-refractivity contribution is 5.75. The molecule has 0 aromatic heterocycles. The average Bonchev–Trinajstić information content (AvgIpc) is 2.90. The second-order valence-corrected chi connectivity index (χ2v) is 5.97. The Labute approximate surface area is 104 Å². The molecule has 0 radical (unpaired) electrons. The molecule has 1 N–H and O–H groups in total. The van der Waals surface area contributed by atoms with Crippen molar-refractivity contribution in [2.24, 2.45) is 11.3 Å². The third-order valence-electron chi connectivity index (χ3n) is 4.61. The molecule has 1 heterocycles. The van der Waals surface area contributed by atoms with Crippen molar-refractivity contribution in [2.75, 3.05) is 19.6 Å². The number of aliphatic carboxylic acids is 1. The summed E-state index contributed by atoms with van der Waals surface area (Å²) < 4.78 is 0. The van der Waals surface area contributed by atoms with Crippen molar-refractivity contribution >= 4 is 5.97 Å². The minimum absolute atomic E-state index is 0.437. The van der Waals surface area contributed by atoms with Crippen LogP contribution < -0.4 is 0 Å². The van der Waals surface area contributed by atoms with E-state index in [-0.39, 0.29) is 0 Å². The highest BCUT2D eigenvalue weighted by Crippen LogP contribution is 2.37. The van der Waals surface area contributed by atoms with Gasteiger partial charge in [-0.3, -0.25) is 4.79 Å². The van der Waals surface area contributed by atoms with Crippen LogP contribution in [0.5, 0.6) is 0 Å². The van der Waals surface area contributed by atoms with E-state index in [9.17, 15) is 9.90 Å². The Kier molecular flexibility index (Phi) is 4.08. The minimum atomic E-state index is -0.576. The fraction of sp³-hybridized carbons (Fsp3) is 0.929. The molecule has 3 nitrogen and oxygen atoms in total. The van der Waals surface area contributed by atoms with Gasteiger partial charge < -0.3 is 10.0 Å². The molecule has 2 rings (SSSR count). The summed E-state index contributed by atoms with van der Waals surface area (Å²) in [5, 5.41) is 9.45. The Bertz CT molecular complexity index is 273. The Morgan fingerprint density at radius 1 is 1.41 bits per heavy atom. The maximum absolute atomic E-state index is 11.5. The Hall–Kier alpha value is -0.570. The molecule has 98 valence electrons. The third-order valence-corrected chi connectivity index (χ3v) is 4.61. The number of rotatable bonds is 5. The molecule has 1 aliphatic heterocycles. The van der Waals surface area contributed by atoms with Gasteiger partial charge >= 0.3 is 5.97 Å². The van der Waals surface area contributed by atoms with Crippen molar-refractivity contribution in [3.8, 4) is 0 Å². The van der Waals surface area contributed by atoms with Crippen molar-refractivity contribution in [3.63, 3.8) is 0 Å². The lowest BCUT2D eigenvalue weighted by atomic mass is 9.83. The van der Waals surface area contributed by atoms with E-state index in [4.69, 9.17) is 0 Å². The first kappa shape index (κ1) is 12.9. The van der Waals surface area contributed by atoms with Crippen LogP contribution in [0.2, 0.25) is 0 Å². The molecular weight excluding hydrogens is 214 g/mol. The summed E-state index contributed by atoms with van der Waals surface area (Å²) >= 11 is 0. The van der Waals surface area contributed by atoms with Crippen LogP contribution in [0.4, 0.5) is 0 Å². The van der Waals surface area contributed by atoms with Gasteiger partial charge in [0.05, 0.1) is 5.41 Å². The predicted octanol–water partition coefficient (Wildman–Crippen LogP) is 2.75. The Morgan fingerprint density at radius 2 is 2.12 bits per heavy atom. The molecule has 0 aromatic rings. The van der Waals surface area contributed by atoms with Gasteiger partial charge in [-0.25, -0.2) is 0 Å². The van der Waals surface area contributed by atoms with Gasteiger partial charge in [-0.15, -0.1) is 0 Å². The number of nitrogens with zero attached hydrogens (tertiary/aromatic N) is 1. The van der Waals surface area contributed by atoms with Gasteiger partial charge in [0.25, 0.3) is 0 Å². The lowest BCUT2D eigenvalue weighted by Crippen LogP contribution is -2.35. The lowest BCUT2D eigenvalue weighted by Gasteiger charge is -2.25. The van der Waals surface area contributed by atoms with Crippen molar-refractivity contribution < 1.29 is 9.90 Å². The summed E-state index contributed by atoms with van der Waals surface area (Å²) in [5.74, 6) is 0.259. The maximum atomic E-state index is 11.5. The van der Waals surface area contributed by atoms with Crippen molar-refractivity contribution in [1.29, 1.82) is 0 Å². The van der Waals surface area contributed by atoms with E-state index < -0.39 is 11.4 Å². The van der Waals surface area contributed by atoms with Crippen LogP contribution in [0.15, 0.2) is 0 Å². The van der Waals surface area contributed by atoms with Gasteiger partial charge in [0.1, 0.15) is 0 Å². The zero-order valence-corrected chi connectivity index (χ0v) is 11.0. The molecule has 0 aromatic carbocycles. The molecule has 3 heteroatoms. The molecule has 0 spiro atoms. The fourth-order valence-corrected chi connectivity index (χ4v) is 3.64. The first-order valence-corrected chi connectivity index (χ1v) is 7.12. The topological polar surface area (TPSA) is 40.5 Å². The second kappa shape index (κ2) is 5.38. The Morgan fingerprint density at radius 3 is 2.71 bits per heavy atom. The van der Waals surface area contributed by atoms with Crippen LogP contribution in [0.1, 0.15) is 51.9 Å². The van der Waals surface area contributed by atoms with E-state index in [0.29, 0.717) is 0 Å². The van der Waals surface area contributed by atoms with Crippen LogP contribution in [-0.2, 0) is 4.79 Å². The summed E-state index contributed by atoms with van der Waals surface area (Å²) in [4.78, 5) is 13.9. The summed E-state index contributed by atoms with van der Waals surface area (Å²) in [6, 6.07) is 0. The maximum Gasteiger partial charge on any atom is 0.310 e. The van der Waals surface area contributed by atoms with Crippen LogP contribution in [0.3, 0.4) is 0 Å². The van der Waals surface area contributed by atoms with Crippen LogP contribution >= 0.6 is 0 Å². The molecule has 1 unspecified atom stereocenters. The van der Waals surface area contributed by atoms with Gasteiger partial charge in [0.15, 0.2) is 0 Å². The van der Waals surface area contributed by atoms with E-state index >= 15 is 0 Å². The molecule has 0 amide bonds. The third kappa shape index (κ3) is 2.82. The molecule has 17 heavy (non-hydrogen) atoms. The van der Waals surface area contributed by atoms with Gasteiger partial charge in [-0.05, 0) is 38.1 Å². The summed E-state index contributed by atoms with van der Waals surface area (Å²) in [7, 11) is 0. The van der Waals surface area contributed by atoms with Crippen LogP contribution in [0, 0.1) is 11.3 Å². The second-order valence-electron chi connectivity index (χ2n) is 5.97. The van der Waals surface area contributed by atoms with E-state index in [1.165, 1.54) is 25.7 Å². The standard InChI is InChI=1S/C14H25NO2/c1-2-7-14(13(16)17)8-9-15(11-14)10-12-5-3-4-6-12/h12H,2-11H2,1H3,(H,16,17). The van der Waals surface area contributed by atoms with Gasteiger partial charge in [-0.1, -0.05) is 26.2 Å². The lowest BCUT2D eigenvalue weighted by molar-refractivity contribution is -0.148. The zero-order valence-electron chi connectivity index (χ0n) is 11.0. The van der Waals surface area contributed by atoms with Gasteiger partial charge in [-0.2, -0.15) is 0 Å². The number of likely N-dealkylation sites (tertiary alicyclic amines) is 1. The van der Waals surface area contributed by atoms with E-state index in [1.54, 1.807) is 0 Å². The molecular formula is C14H25NO2. The first-order valence-electron chi connectivity index (χ1n) is 7.12. The van der Waals surface area contributed by atoms with Gasteiger partial charge in [0.2, 0.25) is 0 Å². The molecule has 1 aliphatic carbocycles. The average molecular weight is 239 g/mol. The number of carboxylic acids is 1. The van der Waals surface area contributed by atoms with Crippen molar-refractivity contribution in [2.45, 2.75) is 51.9 Å². The summed E-state index contributed by atoms with van der Waals surface area (Å²) in [6.07, 6.45) is 8.11. The molecule has 1 atom stereocenters. The smallest absolute Gasteiger partial charge is 0.310 e. The normalized spacial score (nSPS) is 31.1. The molecule has 2 fully saturated rings. The van der Waals surface area contributed by atoms with Crippen molar-refractivity contribution in [3.05, 3.63) is 0 Å². The molecule has 1 saturated heterocycles. The highest BCUT2D eigenvalue weighted by atomic mass is 16.4. The van der Waals surface area contributed by atoms with Gasteiger partial charge in [0, 0.05) is 13.1 Å². The first-order chi connectivity index (χ1) is 8.16. The van der Waals surface area contributed by atoms with Crippen LogP contribution in [0.25, 0.3) is 0 Å². The molecule has 1 saturated carbocycles. The van der Waals surface area contributed by atoms with Crippen molar-refractivity contribution in [1.82, 2.24) is 4.90 Å². The molecule has 0 bridgehead atoms. The number of carbonyl (C=O) groups is 1. The van der Waals surface area contributed by atoms with E-state index in [0.717, 1.165) is 44.8 Å². The quantitative estimate of drug-likeness (QED) is 0.802. The summed E-state index contributed by atoms with van der Waals surface area (Å²) in [6.45, 7) is 5.00. The molecule has 2 aliphatic rings. The van der Waals surface area contributed by atoms with E-state index in [1.807, 2.05) is 0 Å². The van der Waals surface area contributed by atoms with E-state index in [2.05, 4.69) is 11.8 Å². The zero-order chi connectivity index (χ0) is 12.3. The highest BCUT2D eigenvalue weighted by Gasteiger charge is 2.44. The van der Waals surface area contributed by atoms with Crippen LogP contribution in [-0.4, -0.2) is 35.6 Å². The Balaban J connectivity index is 1.89. The monoisotopic (exact) mass is 239 g/mol.